The van der Waals surface area contributed by atoms with Crippen molar-refractivity contribution in [3.63, 3.8) is 0 Å². The smallest absolute Gasteiger partial charge is 0.129 e. The van der Waals surface area contributed by atoms with Crippen molar-refractivity contribution in [2.45, 2.75) is 32.7 Å². The lowest BCUT2D eigenvalue weighted by Crippen LogP contribution is -2.15. The van der Waals surface area contributed by atoms with Crippen molar-refractivity contribution in [1.82, 2.24) is 0 Å². The van der Waals surface area contributed by atoms with Crippen LogP contribution in [0.1, 0.15) is 26.7 Å². The fourth-order valence-electron chi connectivity index (χ4n) is 0.431. The highest BCUT2D eigenvalue weighted by atomic mass is 128. The molecule has 0 aliphatic heterocycles. The highest BCUT2D eigenvalue weighted by Gasteiger charge is 1.95. The van der Waals surface area contributed by atoms with Crippen LogP contribution in [0.4, 0.5) is 0 Å². The molecule has 2 nitrogen and oxygen atoms in total. The van der Waals surface area contributed by atoms with Gasteiger partial charge in [0.25, 0.3) is 0 Å². The Labute approximate surface area is 85.6 Å². The summed E-state index contributed by atoms with van der Waals surface area (Å²) >= 11 is 4.24. The fraction of sp³-hybridized carbons (Fsp3) is 0.833. The van der Waals surface area contributed by atoms with Crippen LogP contribution in [0.25, 0.3) is 0 Å². The first-order valence-corrected chi connectivity index (χ1v) is 9.31. The zero-order valence-corrected chi connectivity index (χ0v) is 10.5. The maximum atomic E-state index is 10.3. The van der Waals surface area contributed by atoms with Gasteiger partial charge in [-0.2, -0.15) is 0 Å². The Morgan fingerprint density at radius 2 is 2.00 bits per heavy atom. The molecule has 0 saturated carbocycles. The van der Waals surface area contributed by atoms with Crippen LogP contribution in [0, 0.1) is 0 Å². The third kappa shape index (κ3) is 16.0. The van der Waals surface area contributed by atoms with Crippen LogP contribution in [-0.4, -0.2) is 11.8 Å². The molecule has 0 radical (unpaired) electrons. The average molecular weight is 369 g/mol. The summed E-state index contributed by atoms with van der Waals surface area (Å²) in [7, 11) is 0. The van der Waals surface area contributed by atoms with E-state index in [1.54, 1.807) is 6.92 Å². The first kappa shape index (κ1) is 13.7. The quantitative estimate of drug-likeness (QED) is 0.777. The zero-order chi connectivity index (χ0) is 8.57. The van der Waals surface area contributed by atoms with E-state index in [4.69, 9.17) is 5.73 Å². The Morgan fingerprint density at radius 3 is 2.10 bits per heavy atom. The molecule has 1 unspecified atom stereocenters. The summed E-state index contributed by atoms with van der Waals surface area (Å²) in [5.41, 5.74) is 5.39. The number of hydrogen-bond donors (Lipinski definition) is 1. The van der Waals surface area contributed by atoms with Crippen molar-refractivity contribution in [2.24, 2.45) is 5.73 Å². The molecule has 0 saturated heterocycles. The summed E-state index contributed by atoms with van der Waals surface area (Å²) in [6, 6.07) is 0.166. The predicted molar refractivity (Wildman–Crippen MR) is 61.6 cm³/mol. The summed E-state index contributed by atoms with van der Waals surface area (Å²) in [6.07, 6.45) is 1.44. The molecule has 62 valence electrons. The van der Waals surface area contributed by atoms with Gasteiger partial charge in [0.15, 0.2) is 0 Å². The van der Waals surface area contributed by atoms with Crippen LogP contribution in [0.3, 0.4) is 0 Å². The van der Waals surface area contributed by atoms with E-state index in [0.29, 0.717) is 6.42 Å². The van der Waals surface area contributed by atoms with Gasteiger partial charge in [-0.05, 0) is 20.3 Å². The minimum atomic E-state index is 0.166. The Hall–Kier alpha value is 1.09. The third-order valence-electron chi connectivity index (χ3n) is 0.952. The Morgan fingerprint density at radius 1 is 1.60 bits per heavy atom. The largest absolute Gasteiger partial charge is 0.328 e. The van der Waals surface area contributed by atoms with Crippen molar-refractivity contribution in [3.05, 3.63) is 0 Å². The van der Waals surface area contributed by atoms with Gasteiger partial charge < -0.3 is 10.5 Å². The molecule has 0 aromatic carbocycles. The molecule has 0 fully saturated rings. The normalized spacial score (nSPS) is 11.3. The van der Waals surface area contributed by atoms with Crippen LogP contribution in [0.5, 0.6) is 0 Å². The van der Waals surface area contributed by atoms with E-state index in [-0.39, 0.29) is 11.8 Å². The minimum absolute atomic E-state index is 0.166. The van der Waals surface area contributed by atoms with E-state index in [1.165, 1.54) is 0 Å². The van der Waals surface area contributed by atoms with Gasteiger partial charge in [0.1, 0.15) is 5.78 Å². The Bertz CT molecular complexity index is 85.8. The summed E-state index contributed by atoms with van der Waals surface area (Å²) in [5, 5.41) is 0. The molecule has 0 bridgehead atoms. The van der Waals surface area contributed by atoms with E-state index < -0.39 is 0 Å². The number of halogens is 2. The second kappa shape index (κ2) is 10.1. The lowest BCUT2D eigenvalue weighted by molar-refractivity contribution is -0.117. The number of carbonyl (C=O) groups excluding carboxylic acids is 1. The van der Waals surface area contributed by atoms with Gasteiger partial charge in [-0.3, -0.25) is 0 Å². The summed E-state index contributed by atoms with van der Waals surface area (Å²) in [5.74, 6) is 0.224. The van der Waals surface area contributed by atoms with Gasteiger partial charge in [-0.1, -0.05) is 0 Å². The van der Waals surface area contributed by atoms with Crippen LogP contribution in [0.15, 0.2) is 0 Å². The molecular weight excluding hydrogens is 356 g/mol. The second-order valence-corrected chi connectivity index (χ2v) is 2.22. The molecule has 0 heterocycles. The maximum Gasteiger partial charge on any atom is 0.129 e. The maximum absolute atomic E-state index is 10.3. The molecule has 0 spiro atoms. The minimum Gasteiger partial charge on any atom is -0.328 e. The van der Waals surface area contributed by atoms with Crippen molar-refractivity contribution in [2.75, 3.05) is 0 Å². The number of hydrogen-bond acceptors (Lipinski definition) is 2. The van der Waals surface area contributed by atoms with Crippen LogP contribution in [0.2, 0.25) is 0 Å². The monoisotopic (exact) mass is 369 g/mol. The van der Waals surface area contributed by atoms with Gasteiger partial charge in [0, 0.05) is 49.7 Å². The van der Waals surface area contributed by atoms with Crippen LogP contribution in [-0.2, 0) is 4.79 Å². The molecule has 2 N–H and O–H groups in total. The van der Waals surface area contributed by atoms with E-state index >= 15 is 0 Å². The summed E-state index contributed by atoms with van der Waals surface area (Å²) in [6.45, 7) is 3.49. The number of ketones is 1. The van der Waals surface area contributed by atoms with Crippen molar-refractivity contribution < 1.29 is 4.79 Å². The van der Waals surface area contributed by atoms with Crippen molar-refractivity contribution in [3.8, 4) is 0 Å². The topological polar surface area (TPSA) is 43.1 Å². The van der Waals surface area contributed by atoms with Crippen LogP contribution < -0.4 is 5.73 Å². The van der Waals surface area contributed by atoms with E-state index in [1.807, 2.05) is 6.92 Å². The second-order valence-electron chi connectivity index (χ2n) is 2.22. The van der Waals surface area contributed by atoms with Crippen molar-refractivity contribution in [1.29, 1.82) is 0 Å². The zero-order valence-electron chi connectivity index (χ0n) is 6.23. The highest BCUT2D eigenvalue weighted by molar-refractivity contribution is 15.0. The molecule has 0 aliphatic rings. The Balaban J connectivity index is 0. The van der Waals surface area contributed by atoms with Crippen LogP contribution >= 0.6 is 37.2 Å². The van der Waals surface area contributed by atoms with Gasteiger partial charge in [0.05, 0.1) is 0 Å². The third-order valence-corrected chi connectivity index (χ3v) is 0.952. The molecule has 1 atom stereocenters. The Kier molecular flexibility index (Phi) is 13.8. The molecule has 0 aromatic heterocycles. The first-order valence-electron chi connectivity index (χ1n) is 3.02. The number of Topliss-reactive ketones (excluding diaryl/α,β-unsaturated/α-hetero) is 1. The first-order chi connectivity index (χ1) is 4.63. The number of nitrogens with two attached hydrogens (primary N) is 1. The average Bonchev–Trinajstić information content (AvgIpc) is 1.89. The molecule has 4 heteroatoms. The van der Waals surface area contributed by atoms with E-state index in [0.717, 1.165) is 6.42 Å². The summed E-state index contributed by atoms with van der Waals surface area (Å²) in [4.78, 5) is 10.3. The predicted octanol–water partition coefficient (Wildman–Crippen LogP) is 2.47. The molecule has 0 amide bonds. The molecule has 0 aliphatic carbocycles. The SMILES string of the molecule is CC(=O)CCC(C)N.II. The van der Waals surface area contributed by atoms with E-state index in [2.05, 4.69) is 37.2 Å². The van der Waals surface area contributed by atoms with E-state index in [9.17, 15) is 4.79 Å². The highest BCUT2D eigenvalue weighted by Crippen LogP contribution is 1.92. The standard InChI is InChI=1S/C6H13NO.I2/c1-5(7)3-4-6(2)8;1-2/h5H,3-4,7H2,1-2H3;. The molecule has 0 rings (SSSR count). The molecule has 0 aromatic rings. The van der Waals surface area contributed by atoms with Gasteiger partial charge in [-0.15, -0.1) is 0 Å². The lowest BCUT2D eigenvalue weighted by atomic mass is 10.1. The molecule has 10 heavy (non-hydrogen) atoms. The van der Waals surface area contributed by atoms with Crippen molar-refractivity contribution >= 4 is 43.0 Å². The van der Waals surface area contributed by atoms with Gasteiger partial charge in [-0.25, -0.2) is 0 Å². The summed E-state index contributed by atoms with van der Waals surface area (Å²) < 4.78 is 0. The lowest BCUT2D eigenvalue weighted by Gasteiger charge is -1.99. The van der Waals surface area contributed by atoms with Gasteiger partial charge >= 0.3 is 0 Å². The molecular formula is C6H13I2NO. The number of carbonyl (C=O) groups is 1. The number of rotatable bonds is 3. The van der Waals surface area contributed by atoms with Gasteiger partial charge in [0.2, 0.25) is 0 Å². The fourth-order valence-corrected chi connectivity index (χ4v) is 0.431.